The van der Waals surface area contributed by atoms with E-state index in [4.69, 9.17) is 9.47 Å². The van der Waals surface area contributed by atoms with Crippen LogP contribution in [0.2, 0.25) is 0 Å². The third kappa shape index (κ3) is 4.91. The van der Waals surface area contributed by atoms with E-state index in [0.29, 0.717) is 17.1 Å². The van der Waals surface area contributed by atoms with Crippen LogP contribution in [-0.4, -0.2) is 57.3 Å². The summed E-state index contributed by atoms with van der Waals surface area (Å²) in [6, 6.07) is 6.90. The number of amides is 3. The Morgan fingerprint density at radius 3 is 2.18 bits per heavy atom. The van der Waals surface area contributed by atoms with Gasteiger partial charge in [-0.25, -0.2) is 8.42 Å². The lowest BCUT2D eigenvalue weighted by Gasteiger charge is -2.26. The molecule has 1 aliphatic rings. The minimum absolute atomic E-state index is 0.0208. The number of rotatable bonds is 8. The minimum atomic E-state index is -3.62. The Hall–Kier alpha value is -3.40. The summed E-state index contributed by atoms with van der Waals surface area (Å²) in [6.07, 6.45) is 1.04. The van der Waals surface area contributed by atoms with Crippen molar-refractivity contribution in [2.45, 2.75) is 32.7 Å². The molecule has 3 amide bonds. The number of imide groups is 1. The highest BCUT2D eigenvalue weighted by Crippen LogP contribution is 2.39. The SMILES string of the molecule is COc1ccc([C@@H](CS(C)(=O)=O)N2C(=O)c3cc(C(C)C)cc(NC(C)=O)c3C2=O)cc1OC. The number of nitrogens with one attached hydrogen (secondary N) is 1. The smallest absolute Gasteiger partial charge is 0.264 e. The number of nitrogens with zero attached hydrogens (tertiary/aromatic N) is 1. The minimum Gasteiger partial charge on any atom is -0.493 e. The first-order valence-electron chi connectivity index (χ1n) is 10.6. The first-order valence-corrected chi connectivity index (χ1v) is 12.7. The molecule has 0 saturated carbocycles. The third-order valence-corrected chi connectivity index (χ3v) is 6.51. The summed E-state index contributed by atoms with van der Waals surface area (Å²) in [7, 11) is -0.720. The van der Waals surface area contributed by atoms with Crippen LogP contribution in [0.1, 0.15) is 64.6 Å². The molecule has 2 aromatic rings. The molecule has 1 heterocycles. The van der Waals surface area contributed by atoms with E-state index in [2.05, 4.69) is 5.32 Å². The Labute approximate surface area is 199 Å². The van der Waals surface area contributed by atoms with Crippen LogP contribution in [0.3, 0.4) is 0 Å². The number of hydrogen-bond acceptors (Lipinski definition) is 7. The van der Waals surface area contributed by atoms with Gasteiger partial charge in [0.15, 0.2) is 11.5 Å². The summed E-state index contributed by atoms with van der Waals surface area (Å²) in [5.74, 6) is -1.42. The zero-order chi connectivity index (χ0) is 25.4. The molecular formula is C24H28N2O7S. The molecule has 0 aliphatic carbocycles. The van der Waals surface area contributed by atoms with Crippen molar-refractivity contribution in [2.75, 3.05) is 31.5 Å². The van der Waals surface area contributed by atoms with Gasteiger partial charge in [-0.05, 0) is 41.3 Å². The molecule has 0 unspecified atom stereocenters. The van der Waals surface area contributed by atoms with Gasteiger partial charge < -0.3 is 14.8 Å². The van der Waals surface area contributed by atoms with Crippen LogP contribution in [0.4, 0.5) is 5.69 Å². The molecule has 0 radical (unpaired) electrons. The topological polar surface area (TPSA) is 119 Å². The van der Waals surface area contributed by atoms with Gasteiger partial charge in [0.1, 0.15) is 9.84 Å². The van der Waals surface area contributed by atoms with Crippen molar-refractivity contribution in [3.63, 3.8) is 0 Å². The lowest BCUT2D eigenvalue weighted by atomic mass is 9.96. The number of methoxy groups -OCH3 is 2. The van der Waals surface area contributed by atoms with Crippen LogP contribution < -0.4 is 14.8 Å². The van der Waals surface area contributed by atoms with Gasteiger partial charge >= 0.3 is 0 Å². The summed E-state index contributed by atoms with van der Waals surface area (Å²) < 4.78 is 35.2. The van der Waals surface area contributed by atoms with Crippen LogP contribution in [0.25, 0.3) is 0 Å². The fourth-order valence-corrected chi connectivity index (χ4v) is 4.89. The molecular weight excluding hydrogens is 460 g/mol. The number of hydrogen-bond donors (Lipinski definition) is 1. The van der Waals surface area contributed by atoms with Gasteiger partial charge in [-0.3, -0.25) is 19.3 Å². The van der Waals surface area contributed by atoms with E-state index in [9.17, 15) is 22.8 Å². The normalized spacial score (nSPS) is 14.3. The van der Waals surface area contributed by atoms with Gasteiger partial charge in [-0.2, -0.15) is 0 Å². The standard InChI is InChI=1S/C24H28N2O7S/c1-13(2)16-9-17-22(18(10-16)25-14(3)27)24(29)26(23(17)28)19(12-34(6,30)31)15-7-8-20(32-4)21(11-15)33-5/h7-11,13,19H,12H2,1-6H3,(H,25,27)/t19-/m1/s1. The van der Waals surface area contributed by atoms with Crippen molar-refractivity contribution in [2.24, 2.45) is 0 Å². The molecule has 9 nitrogen and oxygen atoms in total. The van der Waals surface area contributed by atoms with Crippen LogP contribution in [0.15, 0.2) is 30.3 Å². The molecule has 0 saturated heterocycles. The molecule has 34 heavy (non-hydrogen) atoms. The highest BCUT2D eigenvalue weighted by molar-refractivity contribution is 7.90. The zero-order valence-corrected chi connectivity index (χ0v) is 20.8. The van der Waals surface area contributed by atoms with Crippen molar-refractivity contribution in [1.82, 2.24) is 4.90 Å². The number of benzene rings is 2. The van der Waals surface area contributed by atoms with Crippen molar-refractivity contribution >= 4 is 33.2 Å². The predicted molar refractivity (Wildman–Crippen MR) is 127 cm³/mol. The predicted octanol–water partition coefficient (Wildman–Crippen LogP) is 3.17. The van der Waals surface area contributed by atoms with Crippen molar-refractivity contribution in [3.8, 4) is 11.5 Å². The van der Waals surface area contributed by atoms with Gasteiger partial charge in [-0.1, -0.05) is 19.9 Å². The molecule has 0 spiro atoms. The van der Waals surface area contributed by atoms with E-state index in [-0.39, 0.29) is 22.7 Å². The molecule has 0 aromatic heterocycles. The van der Waals surface area contributed by atoms with E-state index in [1.165, 1.54) is 21.1 Å². The number of anilines is 1. The molecule has 1 aliphatic heterocycles. The highest BCUT2D eigenvalue weighted by atomic mass is 32.2. The lowest BCUT2D eigenvalue weighted by molar-refractivity contribution is -0.114. The number of sulfone groups is 1. The second-order valence-electron chi connectivity index (χ2n) is 8.53. The first kappa shape index (κ1) is 25.2. The Balaban J connectivity index is 2.20. The quantitative estimate of drug-likeness (QED) is 0.567. The molecule has 0 fully saturated rings. The van der Waals surface area contributed by atoms with Crippen LogP contribution in [-0.2, 0) is 14.6 Å². The Morgan fingerprint density at radius 2 is 1.65 bits per heavy atom. The average molecular weight is 489 g/mol. The van der Waals surface area contributed by atoms with E-state index in [1.807, 2.05) is 13.8 Å². The summed E-state index contributed by atoms with van der Waals surface area (Å²) in [6.45, 7) is 5.16. The summed E-state index contributed by atoms with van der Waals surface area (Å²) in [4.78, 5) is 39.9. The summed E-state index contributed by atoms with van der Waals surface area (Å²) in [5.41, 5.74) is 1.54. The molecule has 0 bridgehead atoms. The van der Waals surface area contributed by atoms with Crippen LogP contribution >= 0.6 is 0 Å². The second-order valence-corrected chi connectivity index (χ2v) is 10.7. The second kappa shape index (κ2) is 9.46. The molecule has 182 valence electrons. The van der Waals surface area contributed by atoms with Crippen LogP contribution in [0, 0.1) is 0 Å². The highest BCUT2D eigenvalue weighted by Gasteiger charge is 2.44. The van der Waals surface area contributed by atoms with E-state index in [0.717, 1.165) is 16.7 Å². The Bertz CT molecular complexity index is 1270. The molecule has 2 aromatic carbocycles. The molecule has 10 heteroatoms. The van der Waals surface area contributed by atoms with Crippen molar-refractivity contribution < 1.29 is 32.3 Å². The third-order valence-electron chi connectivity index (χ3n) is 5.58. The van der Waals surface area contributed by atoms with Gasteiger partial charge in [0.05, 0.1) is 42.8 Å². The number of fused-ring (bicyclic) bond motifs is 1. The fourth-order valence-electron chi connectivity index (χ4n) is 3.98. The number of ether oxygens (including phenoxy) is 2. The largest absolute Gasteiger partial charge is 0.493 e. The number of carbonyl (C=O) groups is 3. The molecule has 1 N–H and O–H groups in total. The summed E-state index contributed by atoms with van der Waals surface area (Å²) in [5, 5.41) is 2.64. The van der Waals surface area contributed by atoms with Crippen molar-refractivity contribution in [3.05, 3.63) is 52.6 Å². The fraction of sp³-hybridized carbons (Fsp3) is 0.375. The zero-order valence-electron chi connectivity index (χ0n) is 20.0. The van der Waals surface area contributed by atoms with Crippen molar-refractivity contribution in [1.29, 1.82) is 0 Å². The van der Waals surface area contributed by atoms with E-state index >= 15 is 0 Å². The monoisotopic (exact) mass is 488 g/mol. The Morgan fingerprint density at radius 1 is 1.00 bits per heavy atom. The van der Waals surface area contributed by atoms with Crippen LogP contribution in [0.5, 0.6) is 11.5 Å². The number of carbonyl (C=O) groups excluding carboxylic acids is 3. The maximum atomic E-state index is 13.6. The average Bonchev–Trinajstić information content (AvgIpc) is 3.00. The first-order chi connectivity index (χ1) is 15.9. The van der Waals surface area contributed by atoms with Gasteiger partial charge in [0.25, 0.3) is 11.8 Å². The van der Waals surface area contributed by atoms with E-state index < -0.39 is 39.4 Å². The van der Waals surface area contributed by atoms with Gasteiger partial charge in [0, 0.05) is 13.2 Å². The molecule has 1 atom stereocenters. The maximum Gasteiger partial charge on any atom is 0.264 e. The summed E-state index contributed by atoms with van der Waals surface area (Å²) >= 11 is 0. The molecule has 3 rings (SSSR count). The maximum absolute atomic E-state index is 13.6. The van der Waals surface area contributed by atoms with Gasteiger partial charge in [0.2, 0.25) is 5.91 Å². The lowest BCUT2D eigenvalue weighted by Crippen LogP contribution is -2.37. The van der Waals surface area contributed by atoms with Gasteiger partial charge in [-0.15, -0.1) is 0 Å². The van der Waals surface area contributed by atoms with E-state index in [1.54, 1.807) is 30.3 Å². The Kier molecular flexibility index (Phi) is 7.02.